The summed E-state index contributed by atoms with van der Waals surface area (Å²) in [4.78, 5) is 3.81. The first kappa shape index (κ1) is 13.8. The second-order valence-corrected chi connectivity index (χ2v) is 5.78. The number of alkyl halides is 3. The zero-order chi connectivity index (χ0) is 14.3. The van der Waals surface area contributed by atoms with Crippen molar-refractivity contribution in [3.8, 4) is 0 Å². The molecular formula is C10H10F3N2O3S+. The van der Waals surface area contributed by atoms with Crippen LogP contribution in [0.1, 0.15) is 12.6 Å². The lowest BCUT2D eigenvalue weighted by Gasteiger charge is -2.03. The summed E-state index contributed by atoms with van der Waals surface area (Å²) in [5, 5.41) is 0. The molecule has 0 aromatic carbocycles. The summed E-state index contributed by atoms with van der Waals surface area (Å²) in [5.74, 6) is -0.398. The number of halogens is 3. The zero-order valence-electron chi connectivity index (χ0n) is 9.76. The van der Waals surface area contributed by atoms with Gasteiger partial charge >= 0.3 is 21.4 Å². The Bertz CT molecular complexity index is 611. The summed E-state index contributed by atoms with van der Waals surface area (Å²) in [5.41, 5.74) is -5.33. The fourth-order valence-corrected chi connectivity index (χ4v) is 2.62. The lowest BCUT2D eigenvalue weighted by atomic mass is 10.3. The number of aromatic nitrogens is 1. The molecule has 19 heavy (non-hydrogen) atoms. The van der Waals surface area contributed by atoms with Crippen molar-refractivity contribution in [1.29, 1.82) is 0 Å². The average Bonchev–Trinajstić information content (AvgIpc) is 2.71. The number of sulfonamides is 1. The van der Waals surface area contributed by atoms with E-state index in [0.29, 0.717) is 0 Å². The summed E-state index contributed by atoms with van der Waals surface area (Å²) in [6.45, 7) is 1.09. The molecule has 0 radical (unpaired) electrons. The van der Waals surface area contributed by atoms with Gasteiger partial charge in [0, 0.05) is 6.20 Å². The molecule has 0 saturated heterocycles. The number of rotatable bonds is 2. The largest absolute Gasteiger partial charge is 0.560 e. The average molecular weight is 295 g/mol. The first-order valence-corrected chi connectivity index (χ1v) is 6.71. The Balaban J connectivity index is 2.58. The van der Waals surface area contributed by atoms with Crippen molar-refractivity contribution >= 4 is 15.9 Å². The van der Waals surface area contributed by atoms with Gasteiger partial charge in [0.2, 0.25) is 6.54 Å². The maximum absolute atomic E-state index is 12.6. The summed E-state index contributed by atoms with van der Waals surface area (Å²) >= 11 is 0. The molecule has 1 aliphatic heterocycles. The van der Waals surface area contributed by atoms with Gasteiger partial charge in [0.15, 0.2) is 11.8 Å². The maximum Gasteiger partial charge on any atom is 0.560 e. The molecule has 0 fully saturated rings. The van der Waals surface area contributed by atoms with Crippen LogP contribution in [0.5, 0.6) is 0 Å². The molecule has 2 rings (SSSR count). The highest BCUT2D eigenvalue weighted by atomic mass is 32.2. The molecule has 1 aliphatic rings. The lowest BCUT2D eigenvalue weighted by Crippen LogP contribution is -2.36. The van der Waals surface area contributed by atoms with Crippen LogP contribution in [0.25, 0.3) is 0 Å². The topological polar surface area (TPSA) is 59.3 Å². The Hall–Kier alpha value is -1.64. The van der Waals surface area contributed by atoms with Crippen LogP contribution in [-0.2, 0) is 14.8 Å². The van der Waals surface area contributed by atoms with Crippen molar-refractivity contribution in [2.24, 2.45) is 0 Å². The Morgan fingerprint density at radius 2 is 2.11 bits per heavy atom. The molecular weight excluding hydrogens is 285 g/mol. The molecule has 2 heterocycles. The Morgan fingerprint density at radius 1 is 1.42 bits per heavy atom. The van der Waals surface area contributed by atoms with Crippen molar-refractivity contribution in [2.45, 2.75) is 18.5 Å². The predicted octanol–water partition coefficient (Wildman–Crippen LogP) is 1.11. The van der Waals surface area contributed by atoms with Crippen LogP contribution < -0.4 is 0 Å². The fourth-order valence-electron chi connectivity index (χ4n) is 1.61. The molecule has 0 amide bonds. The highest BCUT2D eigenvalue weighted by molar-refractivity contribution is 7.86. The van der Waals surface area contributed by atoms with E-state index in [0.717, 1.165) is 0 Å². The number of nitrogens with zero attached hydrogens (tertiary/aromatic N) is 2. The normalized spacial score (nSPS) is 20.5. The van der Waals surface area contributed by atoms with Crippen molar-refractivity contribution in [2.75, 3.05) is 6.54 Å². The number of pyridine rings is 1. The monoisotopic (exact) mass is 295 g/mol. The van der Waals surface area contributed by atoms with Gasteiger partial charge in [-0.25, -0.2) is 4.98 Å². The van der Waals surface area contributed by atoms with Gasteiger partial charge in [-0.1, -0.05) is 10.0 Å². The van der Waals surface area contributed by atoms with Crippen molar-refractivity contribution < 1.29 is 30.3 Å². The highest BCUT2D eigenvalue weighted by Gasteiger charge is 2.58. The van der Waals surface area contributed by atoms with Crippen LogP contribution in [0.4, 0.5) is 13.2 Å². The van der Waals surface area contributed by atoms with Crippen LogP contribution in [0.2, 0.25) is 0 Å². The SMILES string of the molecule is CC1C[N+](S(=O)(=O)C(F)(F)F)=C(c2ccccn2)O1. The standard InChI is InChI=1S/C10H10F3N2O3S/c1-7-6-15(19(16,17)10(11,12)13)9(18-7)8-4-2-3-5-14-8/h2-5,7H,6H2,1H3/q+1. The zero-order valence-corrected chi connectivity index (χ0v) is 10.6. The van der Waals surface area contributed by atoms with Crippen molar-refractivity contribution in [3.05, 3.63) is 30.1 Å². The van der Waals surface area contributed by atoms with E-state index in [1.807, 2.05) is 0 Å². The van der Waals surface area contributed by atoms with E-state index in [2.05, 4.69) is 4.98 Å². The van der Waals surface area contributed by atoms with E-state index < -0.39 is 34.1 Å². The van der Waals surface area contributed by atoms with Crippen LogP contribution in [-0.4, -0.2) is 41.4 Å². The Morgan fingerprint density at radius 3 is 2.63 bits per heavy atom. The third-order valence-electron chi connectivity index (χ3n) is 2.43. The van der Waals surface area contributed by atoms with Gasteiger partial charge in [0.25, 0.3) is 0 Å². The molecule has 1 aromatic heterocycles. The molecule has 5 nitrogen and oxygen atoms in total. The smallest absolute Gasteiger partial charge is 0.432 e. The Labute approximate surface area is 107 Å². The minimum atomic E-state index is -5.48. The molecule has 0 bridgehead atoms. The van der Waals surface area contributed by atoms with Gasteiger partial charge in [-0.3, -0.25) is 0 Å². The van der Waals surface area contributed by atoms with Gasteiger partial charge in [-0.2, -0.15) is 21.6 Å². The second-order valence-electron chi connectivity index (χ2n) is 3.93. The van der Waals surface area contributed by atoms with Crippen molar-refractivity contribution in [3.63, 3.8) is 0 Å². The first-order chi connectivity index (χ1) is 8.73. The van der Waals surface area contributed by atoms with Crippen LogP contribution >= 0.6 is 0 Å². The minimum Gasteiger partial charge on any atom is -0.432 e. The molecule has 0 spiro atoms. The quantitative estimate of drug-likeness (QED) is 0.767. The summed E-state index contributed by atoms with van der Waals surface area (Å²) in [6, 6.07) is 4.47. The lowest BCUT2D eigenvalue weighted by molar-refractivity contribution is -0.369. The number of ether oxygens (including phenoxy) is 1. The molecule has 1 unspecified atom stereocenters. The van der Waals surface area contributed by atoms with Gasteiger partial charge in [0.05, 0.1) is 0 Å². The van der Waals surface area contributed by atoms with E-state index in [9.17, 15) is 21.6 Å². The van der Waals surface area contributed by atoms with Crippen molar-refractivity contribution in [1.82, 2.24) is 4.98 Å². The predicted molar refractivity (Wildman–Crippen MR) is 59.0 cm³/mol. The van der Waals surface area contributed by atoms with Crippen LogP contribution in [0, 0.1) is 0 Å². The minimum absolute atomic E-state index is 0.0414. The third-order valence-corrected chi connectivity index (χ3v) is 3.91. The van der Waals surface area contributed by atoms with Gasteiger partial charge in [-0.05, 0) is 19.1 Å². The molecule has 9 heteroatoms. The molecule has 104 valence electrons. The molecule has 0 N–H and O–H groups in total. The van der Waals surface area contributed by atoms with E-state index in [1.54, 1.807) is 6.07 Å². The highest BCUT2D eigenvalue weighted by Crippen LogP contribution is 2.27. The number of hydrogen-bond donors (Lipinski definition) is 0. The van der Waals surface area contributed by atoms with Gasteiger partial charge < -0.3 is 4.74 Å². The molecule has 1 aromatic rings. The molecule has 0 aliphatic carbocycles. The first-order valence-electron chi connectivity index (χ1n) is 5.27. The number of hydrogen-bond acceptors (Lipinski definition) is 4. The van der Waals surface area contributed by atoms with E-state index in [1.165, 1.54) is 25.3 Å². The summed E-state index contributed by atoms with van der Waals surface area (Å²) < 4.78 is 66.0. The molecule has 1 atom stereocenters. The fraction of sp³-hybridized carbons (Fsp3) is 0.400. The molecule has 0 saturated carbocycles. The van der Waals surface area contributed by atoms with E-state index in [-0.39, 0.29) is 9.67 Å². The van der Waals surface area contributed by atoms with Crippen LogP contribution in [0.3, 0.4) is 0 Å². The maximum atomic E-state index is 12.6. The van der Waals surface area contributed by atoms with E-state index in [4.69, 9.17) is 4.74 Å². The van der Waals surface area contributed by atoms with Gasteiger partial charge in [0.1, 0.15) is 0 Å². The Kier molecular flexibility index (Phi) is 3.25. The van der Waals surface area contributed by atoms with Gasteiger partial charge in [-0.15, -0.1) is 0 Å². The third kappa shape index (κ3) is 2.42. The van der Waals surface area contributed by atoms with Crippen LogP contribution in [0.15, 0.2) is 24.4 Å². The summed E-state index contributed by atoms with van der Waals surface area (Å²) in [7, 11) is -5.48. The summed E-state index contributed by atoms with van der Waals surface area (Å²) in [6.07, 6.45) is 0.668. The second kappa shape index (κ2) is 4.48. The van der Waals surface area contributed by atoms with E-state index >= 15 is 0 Å².